The van der Waals surface area contributed by atoms with Crippen LogP contribution in [-0.4, -0.2) is 60.5 Å². The van der Waals surface area contributed by atoms with Gasteiger partial charge in [-0.15, -0.1) is 0 Å². The molecule has 0 spiro atoms. The minimum Gasteiger partial charge on any atom is -0.495 e. The SMILES string of the molecule is COc1ccc(NC(=O)C[C@H]2SC(N3CCOCC3)=NC2=O)cc1Cl. The third kappa shape index (κ3) is 4.45. The summed E-state index contributed by atoms with van der Waals surface area (Å²) in [5.41, 5.74) is 0.556. The van der Waals surface area contributed by atoms with Crippen molar-refractivity contribution in [3.8, 4) is 5.75 Å². The van der Waals surface area contributed by atoms with Crippen LogP contribution in [-0.2, 0) is 14.3 Å². The van der Waals surface area contributed by atoms with E-state index in [4.69, 9.17) is 21.1 Å². The Balaban J connectivity index is 1.55. The van der Waals surface area contributed by atoms with Gasteiger partial charge in [-0.05, 0) is 18.2 Å². The van der Waals surface area contributed by atoms with E-state index in [1.165, 1.54) is 18.9 Å². The molecule has 1 saturated heterocycles. The van der Waals surface area contributed by atoms with E-state index in [1.54, 1.807) is 18.2 Å². The number of morpholine rings is 1. The molecule has 2 amide bonds. The lowest BCUT2D eigenvalue weighted by atomic mass is 10.2. The van der Waals surface area contributed by atoms with Crippen molar-refractivity contribution in [1.82, 2.24) is 4.90 Å². The molecule has 7 nitrogen and oxygen atoms in total. The average molecular weight is 384 g/mol. The van der Waals surface area contributed by atoms with Crippen LogP contribution < -0.4 is 10.1 Å². The predicted molar refractivity (Wildman–Crippen MR) is 97.5 cm³/mol. The van der Waals surface area contributed by atoms with Gasteiger partial charge in [-0.25, -0.2) is 0 Å². The van der Waals surface area contributed by atoms with Gasteiger partial charge in [-0.1, -0.05) is 23.4 Å². The molecule has 0 unspecified atom stereocenters. The van der Waals surface area contributed by atoms with Crippen molar-refractivity contribution in [2.75, 3.05) is 38.7 Å². The first-order chi connectivity index (χ1) is 12.1. The summed E-state index contributed by atoms with van der Waals surface area (Å²) < 4.78 is 10.4. The van der Waals surface area contributed by atoms with E-state index < -0.39 is 5.25 Å². The number of benzene rings is 1. The molecule has 1 aromatic rings. The molecular weight excluding hydrogens is 366 g/mol. The standard InChI is InChI=1S/C16H18ClN3O4S/c1-23-12-3-2-10(8-11(12)17)18-14(21)9-13-15(22)19-16(25-13)20-4-6-24-7-5-20/h2-3,8,13H,4-7,9H2,1H3,(H,18,21)/t13-/m1/s1. The van der Waals surface area contributed by atoms with Crippen molar-refractivity contribution in [3.05, 3.63) is 23.2 Å². The van der Waals surface area contributed by atoms with Gasteiger partial charge in [0.25, 0.3) is 5.91 Å². The maximum atomic E-state index is 12.2. The molecule has 0 saturated carbocycles. The molecule has 1 atom stereocenters. The van der Waals surface area contributed by atoms with Crippen LogP contribution in [0, 0.1) is 0 Å². The normalized spacial score (nSPS) is 20.4. The van der Waals surface area contributed by atoms with Crippen LogP contribution in [0.2, 0.25) is 5.02 Å². The number of nitrogens with one attached hydrogen (secondary N) is 1. The smallest absolute Gasteiger partial charge is 0.262 e. The number of rotatable bonds is 4. The molecule has 0 bridgehead atoms. The number of methoxy groups -OCH3 is 1. The van der Waals surface area contributed by atoms with Gasteiger partial charge in [0.2, 0.25) is 5.91 Å². The molecule has 9 heteroatoms. The van der Waals surface area contributed by atoms with Gasteiger partial charge in [-0.2, -0.15) is 4.99 Å². The summed E-state index contributed by atoms with van der Waals surface area (Å²) in [5.74, 6) is 0.00432. The van der Waals surface area contributed by atoms with Crippen LogP contribution >= 0.6 is 23.4 Å². The largest absolute Gasteiger partial charge is 0.495 e. The highest BCUT2D eigenvalue weighted by Crippen LogP contribution is 2.29. The maximum Gasteiger partial charge on any atom is 0.262 e. The van der Waals surface area contributed by atoms with Crippen LogP contribution in [0.25, 0.3) is 0 Å². The summed E-state index contributed by atoms with van der Waals surface area (Å²) >= 11 is 7.38. The fourth-order valence-corrected chi connectivity index (χ4v) is 3.90. The van der Waals surface area contributed by atoms with Crippen molar-refractivity contribution < 1.29 is 19.1 Å². The molecule has 1 N–H and O–H groups in total. The second kappa shape index (κ2) is 8.07. The number of halogens is 1. The molecular formula is C16H18ClN3O4S. The van der Waals surface area contributed by atoms with Gasteiger partial charge in [0, 0.05) is 25.2 Å². The second-order valence-corrected chi connectivity index (χ2v) is 7.12. The fourth-order valence-electron chi connectivity index (χ4n) is 2.52. The minimum absolute atomic E-state index is 0.0600. The van der Waals surface area contributed by atoms with Crippen LogP contribution in [0.15, 0.2) is 23.2 Å². The zero-order chi connectivity index (χ0) is 17.8. The molecule has 134 valence electrons. The first-order valence-electron chi connectivity index (χ1n) is 7.82. The lowest BCUT2D eigenvalue weighted by Crippen LogP contribution is -2.39. The summed E-state index contributed by atoms with van der Waals surface area (Å²) in [5, 5.41) is 3.34. The van der Waals surface area contributed by atoms with Crippen LogP contribution in [0.4, 0.5) is 5.69 Å². The number of anilines is 1. The van der Waals surface area contributed by atoms with E-state index in [1.807, 2.05) is 4.90 Å². The Hall–Kier alpha value is -1.77. The number of thioether (sulfide) groups is 1. The summed E-state index contributed by atoms with van der Waals surface area (Å²) in [6, 6.07) is 4.98. The third-order valence-corrected chi connectivity index (χ3v) is 5.33. The van der Waals surface area contributed by atoms with Crippen molar-refractivity contribution in [1.29, 1.82) is 0 Å². The molecule has 0 aromatic heterocycles. The molecule has 2 aliphatic heterocycles. The number of hydrogen-bond acceptors (Lipinski definition) is 6. The molecule has 0 radical (unpaired) electrons. The maximum absolute atomic E-state index is 12.2. The van der Waals surface area contributed by atoms with Gasteiger partial charge >= 0.3 is 0 Å². The van der Waals surface area contributed by atoms with E-state index >= 15 is 0 Å². The Bertz CT molecular complexity index is 707. The summed E-state index contributed by atoms with van der Waals surface area (Å²) in [6.45, 7) is 2.67. The molecule has 2 aliphatic rings. The van der Waals surface area contributed by atoms with Crippen LogP contribution in [0.5, 0.6) is 5.75 Å². The number of hydrogen-bond donors (Lipinski definition) is 1. The molecule has 0 aliphatic carbocycles. The highest BCUT2D eigenvalue weighted by molar-refractivity contribution is 8.15. The average Bonchev–Trinajstić information content (AvgIpc) is 2.96. The van der Waals surface area contributed by atoms with Crippen molar-refractivity contribution in [2.45, 2.75) is 11.7 Å². The van der Waals surface area contributed by atoms with E-state index in [0.29, 0.717) is 47.9 Å². The molecule has 3 rings (SSSR count). The predicted octanol–water partition coefficient (Wildman–Crippen LogP) is 2.01. The monoisotopic (exact) mass is 383 g/mol. The van der Waals surface area contributed by atoms with Gasteiger partial charge in [-0.3, -0.25) is 9.59 Å². The van der Waals surface area contributed by atoms with Crippen LogP contribution in [0.1, 0.15) is 6.42 Å². The van der Waals surface area contributed by atoms with Gasteiger partial charge < -0.3 is 19.7 Å². The van der Waals surface area contributed by atoms with Gasteiger partial charge in [0.05, 0.1) is 25.3 Å². The lowest BCUT2D eigenvalue weighted by Gasteiger charge is -2.27. The van der Waals surface area contributed by atoms with E-state index in [2.05, 4.69) is 10.3 Å². The highest BCUT2D eigenvalue weighted by atomic mass is 35.5. The number of carbonyl (C=O) groups excluding carboxylic acids is 2. The number of carbonyl (C=O) groups is 2. The fraction of sp³-hybridized carbons (Fsp3) is 0.438. The summed E-state index contributed by atoms with van der Waals surface area (Å²) in [4.78, 5) is 30.4. The molecule has 1 aromatic carbocycles. The van der Waals surface area contributed by atoms with Crippen molar-refractivity contribution in [3.63, 3.8) is 0 Å². The lowest BCUT2D eigenvalue weighted by molar-refractivity contribution is -0.121. The van der Waals surface area contributed by atoms with E-state index in [-0.39, 0.29) is 18.2 Å². The Morgan fingerprint density at radius 2 is 2.24 bits per heavy atom. The third-order valence-electron chi connectivity index (χ3n) is 3.82. The van der Waals surface area contributed by atoms with E-state index in [9.17, 15) is 9.59 Å². The Labute approximate surface area is 154 Å². The summed E-state index contributed by atoms with van der Waals surface area (Å²) in [6.07, 6.45) is 0.0600. The molecule has 1 fully saturated rings. The molecule has 25 heavy (non-hydrogen) atoms. The zero-order valence-corrected chi connectivity index (χ0v) is 15.2. The van der Waals surface area contributed by atoms with Gasteiger partial charge in [0.15, 0.2) is 5.17 Å². The van der Waals surface area contributed by atoms with Gasteiger partial charge in [0.1, 0.15) is 11.0 Å². The molecule has 2 heterocycles. The summed E-state index contributed by atoms with van der Waals surface area (Å²) in [7, 11) is 1.52. The highest BCUT2D eigenvalue weighted by Gasteiger charge is 2.33. The number of nitrogens with zero attached hydrogens (tertiary/aromatic N) is 2. The first kappa shape index (κ1) is 18.0. The topological polar surface area (TPSA) is 80.2 Å². The minimum atomic E-state index is -0.494. The second-order valence-electron chi connectivity index (χ2n) is 5.54. The quantitative estimate of drug-likeness (QED) is 0.856. The number of ether oxygens (including phenoxy) is 2. The Morgan fingerprint density at radius 3 is 2.92 bits per heavy atom. The number of aliphatic imine (C=N–C) groups is 1. The van der Waals surface area contributed by atoms with Crippen molar-refractivity contribution in [2.24, 2.45) is 4.99 Å². The van der Waals surface area contributed by atoms with Crippen molar-refractivity contribution >= 4 is 46.0 Å². The number of amidine groups is 1. The number of amides is 2. The Morgan fingerprint density at radius 1 is 1.48 bits per heavy atom. The zero-order valence-electron chi connectivity index (χ0n) is 13.7. The van der Waals surface area contributed by atoms with E-state index in [0.717, 1.165) is 0 Å². The Kier molecular flexibility index (Phi) is 5.82. The van der Waals surface area contributed by atoms with Crippen LogP contribution in [0.3, 0.4) is 0 Å². The first-order valence-corrected chi connectivity index (χ1v) is 9.08.